The zero-order valence-electron chi connectivity index (χ0n) is 24.2. The molecular formula is C29H53O9P. The molecule has 228 valence electrons. The third-order valence-electron chi connectivity index (χ3n) is 6.71. The predicted octanol–water partition coefficient (Wildman–Crippen LogP) is 6.94. The van der Waals surface area contributed by atoms with Crippen LogP contribution in [-0.2, 0) is 32.9 Å². The summed E-state index contributed by atoms with van der Waals surface area (Å²) in [5, 5.41) is 0. The van der Waals surface area contributed by atoms with Gasteiger partial charge in [-0.25, -0.2) is 4.57 Å². The fourth-order valence-corrected chi connectivity index (χ4v) is 4.68. The van der Waals surface area contributed by atoms with E-state index in [1.807, 2.05) is 0 Å². The Hall–Kier alpha value is -1.25. The molecule has 0 aromatic rings. The monoisotopic (exact) mass is 576 g/mol. The highest BCUT2D eigenvalue weighted by Gasteiger charge is 2.36. The Morgan fingerprint density at radius 1 is 0.795 bits per heavy atom. The summed E-state index contributed by atoms with van der Waals surface area (Å²) in [5.74, 6) is -0.922. The van der Waals surface area contributed by atoms with Crippen LogP contribution in [0.3, 0.4) is 0 Å². The van der Waals surface area contributed by atoms with Gasteiger partial charge in [-0.3, -0.25) is 14.1 Å². The molecule has 1 fully saturated rings. The first-order chi connectivity index (χ1) is 18.7. The maximum absolute atomic E-state index is 12.2. The molecule has 0 amide bonds. The lowest BCUT2D eigenvalue weighted by Crippen LogP contribution is -2.29. The van der Waals surface area contributed by atoms with Gasteiger partial charge in [-0.2, -0.15) is 0 Å². The minimum absolute atomic E-state index is 0.193. The van der Waals surface area contributed by atoms with Crippen molar-refractivity contribution in [2.45, 2.75) is 148 Å². The number of phosphoric ester groups is 1. The Kier molecular flexibility index (Phi) is 20.6. The van der Waals surface area contributed by atoms with E-state index in [9.17, 15) is 14.2 Å². The molecule has 1 aliphatic heterocycles. The summed E-state index contributed by atoms with van der Waals surface area (Å²) in [6, 6.07) is 0. The van der Waals surface area contributed by atoms with Crippen molar-refractivity contribution in [1.29, 1.82) is 0 Å². The molecular weight excluding hydrogens is 523 g/mol. The van der Waals surface area contributed by atoms with Crippen LogP contribution in [0.2, 0.25) is 0 Å². The van der Waals surface area contributed by atoms with E-state index in [-0.39, 0.29) is 19.4 Å². The van der Waals surface area contributed by atoms with Crippen LogP contribution in [0.25, 0.3) is 0 Å². The number of hydrogen-bond acceptors (Lipinski definition) is 7. The van der Waals surface area contributed by atoms with Crippen molar-refractivity contribution in [1.82, 2.24) is 0 Å². The van der Waals surface area contributed by atoms with Gasteiger partial charge in [-0.1, -0.05) is 90.2 Å². The third-order valence-corrected chi connectivity index (χ3v) is 7.19. The van der Waals surface area contributed by atoms with Crippen molar-refractivity contribution in [3.05, 3.63) is 12.2 Å². The summed E-state index contributed by atoms with van der Waals surface area (Å²) in [5.41, 5.74) is 0. The number of hydrogen-bond donors (Lipinski definition) is 2. The average molecular weight is 577 g/mol. The highest BCUT2D eigenvalue weighted by Crippen LogP contribution is 2.36. The van der Waals surface area contributed by atoms with E-state index in [1.165, 1.54) is 25.7 Å². The average Bonchev–Trinajstić information content (AvgIpc) is 3.64. The van der Waals surface area contributed by atoms with Crippen molar-refractivity contribution in [2.75, 3.05) is 13.2 Å². The van der Waals surface area contributed by atoms with Crippen LogP contribution in [-0.4, -0.2) is 53.3 Å². The van der Waals surface area contributed by atoms with Crippen LogP contribution < -0.4 is 0 Å². The van der Waals surface area contributed by atoms with Gasteiger partial charge in [0.2, 0.25) is 0 Å². The minimum Gasteiger partial charge on any atom is -0.462 e. The van der Waals surface area contributed by atoms with Crippen molar-refractivity contribution in [2.24, 2.45) is 0 Å². The molecule has 0 aromatic carbocycles. The number of unbranched alkanes of at least 4 members (excludes halogenated alkanes) is 11. The van der Waals surface area contributed by atoms with Gasteiger partial charge in [0, 0.05) is 12.8 Å². The summed E-state index contributed by atoms with van der Waals surface area (Å²) >= 11 is 0. The van der Waals surface area contributed by atoms with Gasteiger partial charge in [-0.05, 0) is 38.5 Å². The molecule has 0 radical (unpaired) electrons. The van der Waals surface area contributed by atoms with E-state index in [4.69, 9.17) is 24.0 Å². The molecule has 10 heteroatoms. The molecule has 0 spiro atoms. The number of carbonyl (C=O) groups is 2. The van der Waals surface area contributed by atoms with Crippen LogP contribution in [0.4, 0.5) is 0 Å². The quantitative estimate of drug-likeness (QED) is 0.0369. The summed E-state index contributed by atoms with van der Waals surface area (Å²) < 4.78 is 31.7. The first kappa shape index (κ1) is 35.8. The van der Waals surface area contributed by atoms with Gasteiger partial charge < -0.3 is 24.0 Å². The topological polar surface area (TPSA) is 132 Å². The molecule has 2 unspecified atom stereocenters. The van der Waals surface area contributed by atoms with Gasteiger partial charge in [0.25, 0.3) is 0 Å². The van der Waals surface area contributed by atoms with Crippen LogP contribution in [0.1, 0.15) is 129 Å². The summed E-state index contributed by atoms with van der Waals surface area (Å²) in [4.78, 5) is 42.1. The number of phosphoric acid groups is 1. The Bertz CT molecular complexity index is 722. The molecule has 3 atom stereocenters. The van der Waals surface area contributed by atoms with Gasteiger partial charge in [0.15, 0.2) is 6.10 Å². The first-order valence-electron chi connectivity index (χ1n) is 15.1. The summed E-state index contributed by atoms with van der Waals surface area (Å²) in [7, 11) is -4.74. The van der Waals surface area contributed by atoms with Gasteiger partial charge >= 0.3 is 19.8 Å². The van der Waals surface area contributed by atoms with E-state index in [0.717, 1.165) is 64.2 Å². The molecule has 1 heterocycles. The number of carbonyl (C=O) groups excluding carboxylic acids is 2. The lowest BCUT2D eigenvalue weighted by atomic mass is 10.1. The molecule has 0 aromatic heterocycles. The van der Waals surface area contributed by atoms with Crippen molar-refractivity contribution in [3.8, 4) is 0 Å². The molecule has 39 heavy (non-hydrogen) atoms. The highest BCUT2D eigenvalue weighted by atomic mass is 31.2. The van der Waals surface area contributed by atoms with E-state index in [2.05, 4.69) is 30.5 Å². The van der Waals surface area contributed by atoms with Crippen LogP contribution in [0.15, 0.2) is 12.2 Å². The third kappa shape index (κ3) is 22.2. The van der Waals surface area contributed by atoms with Gasteiger partial charge in [0.1, 0.15) is 6.61 Å². The Morgan fingerprint density at radius 3 is 2.10 bits per heavy atom. The number of rotatable bonds is 26. The molecule has 0 aliphatic carbocycles. The predicted molar refractivity (Wildman–Crippen MR) is 151 cm³/mol. The standard InChI is InChI=1S/C29H53O9P/c1-3-5-7-12-17-21-28(30)35-23-25(24-36-39(32,33)34)37-29(31)22-18-14-11-9-8-10-13-16-20-27-26(38-27)19-15-6-4-2/h13,16,25-27H,3-12,14-15,17-24H2,1-2H3,(H2,32,33,34)/b16-13-/t25-,26?,27?/m1/s1. The van der Waals surface area contributed by atoms with Crippen LogP contribution >= 0.6 is 7.82 Å². The zero-order chi connectivity index (χ0) is 28.8. The fourth-order valence-electron chi connectivity index (χ4n) is 4.32. The molecule has 1 rings (SSSR count). The van der Waals surface area contributed by atoms with Gasteiger partial charge in [0.05, 0.1) is 18.8 Å². The van der Waals surface area contributed by atoms with Crippen LogP contribution in [0, 0.1) is 0 Å². The van der Waals surface area contributed by atoms with Crippen molar-refractivity contribution in [3.63, 3.8) is 0 Å². The van der Waals surface area contributed by atoms with E-state index in [1.54, 1.807) is 0 Å². The second kappa shape index (κ2) is 22.4. The lowest BCUT2D eigenvalue weighted by Gasteiger charge is -2.18. The number of esters is 2. The summed E-state index contributed by atoms with van der Waals surface area (Å²) in [6.45, 7) is 3.50. The lowest BCUT2D eigenvalue weighted by molar-refractivity contribution is -0.161. The second-order valence-corrected chi connectivity index (χ2v) is 11.7. The highest BCUT2D eigenvalue weighted by molar-refractivity contribution is 7.46. The first-order valence-corrected chi connectivity index (χ1v) is 16.6. The smallest absolute Gasteiger partial charge is 0.462 e. The Morgan fingerprint density at radius 2 is 1.41 bits per heavy atom. The second-order valence-electron chi connectivity index (χ2n) is 10.5. The molecule has 1 saturated heterocycles. The minimum atomic E-state index is -4.74. The SMILES string of the molecule is CCCCCCCC(=O)OC[C@H](COP(=O)(O)O)OC(=O)CCCCCCC/C=C\CC1OC1CCCCC. The van der Waals surface area contributed by atoms with E-state index in [0.29, 0.717) is 25.0 Å². The Balaban J connectivity index is 2.12. The normalized spacial score (nSPS) is 17.8. The van der Waals surface area contributed by atoms with Crippen LogP contribution in [0.5, 0.6) is 0 Å². The zero-order valence-corrected chi connectivity index (χ0v) is 25.1. The number of allylic oxidation sites excluding steroid dienone is 1. The maximum Gasteiger partial charge on any atom is 0.469 e. The van der Waals surface area contributed by atoms with Crippen molar-refractivity contribution < 1.29 is 42.7 Å². The Labute approximate surface area is 235 Å². The van der Waals surface area contributed by atoms with Gasteiger partial charge in [-0.15, -0.1) is 0 Å². The largest absolute Gasteiger partial charge is 0.469 e. The maximum atomic E-state index is 12.2. The molecule has 2 N–H and O–H groups in total. The number of ether oxygens (including phenoxy) is 3. The van der Waals surface area contributed by atoms with Crippen molar-refractivity contribution >= 4 is 19.8 Å². The number of epoxide rings is 1. The molecule has 1 aliphatic rings. The van der Waals surface area contributed by atoms with E-state index < -0.39 is 32.5 Å². The molecule has 0 saturated carbocycles. The molecule has 9 nitrogen and oxygen atoms in total. The van der Waals surface area contributed by atoms with E-state index >= 15 is 0 Å². The molecule has 0 bridgehead atoms. The summed E-state index contributed by atoms with van der Waals surface area (Å²) in [6.07, 6.45) is 21.5. The fraction of sp³-hybridized carbons (Fsp3) is 0.862.